The van der Waals surface area contributed by atoms with Crippen molar-refractivity contribution in [1.82, 2.24) is 5.32 Å². The fourth-order valence-electron chi connectivity index (χ4n) is 3.48. The Balaban J connectivity index is 3.91. The van der Waals surface area contributed by atoms with E-state index in [-0.39, 0.29) is 6.61 Å². The third-order valence-electron chi connectivity index (χ3n) is 4.64. The summed E-state index contributed by atoms with van der Waals surface area (Å²) in [4.78, 5) is 0. The molecule has 4 unspecified atom stereocenters. The van der Waals surface area contributed by atoms with Crippen LogP contribution in [0.4, 0.5) is 0 Å². The zero-order chi connectivity index (χ0) is 16.8. The molecular weight excluding hydrogens is 272 g/mol. The molecule has 0 rings (SSSR count). The van der Waals surface area contributed by atoms with E-state index in [2.05, 4.69) is 33.0 Å². The predicted molar refractivity (Wildman–Crippen MR) is 98.0 cm³/mol. The Kier molecular flexibility index (Phi) is 14.4. The monoisotopic (exact) mass is 314 g/mol. The van der Waals surface area contributed by atoms with Crippen LogP contribution in [-0.4, -0.2) is 30.8 Å². The van der Waals surface area contributed by atoms with Crippen molar-refractivity contribution in [3.63, 3.8) is 0 Å². The Labute approximate surface area is 139 Å². The average Bonchev–Trinajstić information content (AvgIpc) is 2.47. The van der Waals surface area contributed by atoms with Crippen molar-refractivity contribution in [3.8, 4) is 0 Å². The molecule has 0 aliphatic rings. The van der Waals surface area contributed by atoms with Crippen LogP contribution in [-0.2, 0) is 0 Å². The molecule has 0 bridgehead atoms. The summed E-state index contributed by atoms with van der Waals surface area (Å²) in [6.07, 6.45) is 9.65. The van der Waals surface area contributed by atoms with E-state index in [0.29, 0.717) is 12.0 Å². The molecule has 0 amide bonds. The molecule has 0 heterocycles. The van der Waals surface area contributed by atoms with Crippen LogP contribution >= 0.6 is 0 Å². The van der Waals surface area contributed by atoms with Crippen molar-refractivity contribution >= 4 is 0 Å². The van der Waals surface area contributed by atoms with Gasteiger partial charge in [0.05, 0.1) is 0 Å². The minimum absolute atomic E-state index is 0.283. The number of aliphatic hydroxyl groups excluding tert-OH is 1. The third-order valence-corrected chi connectivity index (χ3v) is 4.64. The lowest BCUT2D eigenvalue weighted by atomic mass is 9.87. The molecule has 0 spiro atoms. The van der Waals surface area contributed by atoms with Crippen LogP contribution in [0.15, 0.2) is 0 Å². The van der Waals surface area contributed by atoms with Gasteiger partial charge in [-0.25, -0.2) is 0 Å². The molecule has 0 aromatic heterocycles. The first-order valence-electron chi connectivity index (χ1n) is 9.57. The van der Waals surface area contributed by atoms with Gasteiger partial charge in [-0.1, -0.05) is 47.0 Å². The van der Waals surface area contributed by atoms with Gasteiger partial charge in [0.2, 0.25) is 0 Å². The summed E-state index contributed by atoms with van der Waals surface area (Å²) in [6, 6.07) is 0.471. The maximum absolute atomic E-state index is 8.97. The van der Waals surface area contributed by atoms with E-state index in [1.54, 1.807) is 0 Å². The number of unbranched alkanes of at least 4 members (excludes halogenated alkanes) is 1. The first kappa shape index (κ1) is 21.9. The first-order chi connectivity index (χ1) is 10.5. The van der Waals surface area contributed by atoms with Crippen molar-refractivity contribution in [2.45, 2.75) is 85.1 Å². The number of hydrogen-bond donors (Lipinski definition) is 3. The van der Waals surface area contributed by atoms with Crippen LogP contribution in [0, 0.1) is 17.8 Å². The summed E-state index contributed by atoms with van der Waals surface area (Å²) in [6.45, 7) is 11.5. The summed E-state index contributed by atoms with van der Waals surface area (Å²) in [5.74, 6) is 2.39. The van der Waals surface area contributed by atoms with Gasteiger partial charge in [-0.05, 0) is 62.9 Å². The molecule has 0 aromatic rings. The molecule has 22 heavy (non-hydrogen) atoms. The van der Waals surface area contributed by atoms with E-state index >= 15 is 0 Å². The minimum Gasteiger partial charge on any atom is -0.396 e. The third kappa shape index (κ3) is 12.4. The Morgan fingerprint density at radius 1 is 0.909 bits per heavy atom. The van der Waals surface area contributed by atoms with Gasteiger partial charge in [-0.3, -0.25) is 0 Å². The Morgan fingerprint density at radius 3 is 2.18 bits per heavy atom. The number of hydrogen-bond acceptors (Lipinski definition) is 3. The summed E-state index contributed by atoms with van der Waals surface area (Å²) in [5.41, 5.74) is 5.68. The molecule has 134 valence electrons. The predicted octanol–water partition coefficient (Wildman–Crippen LogP) is 3.94. The second kappa shape index (κ2) is 14.5. The molecular formula is C19H42N2O. The molecule has 0 aliphatic carbocycles. The molecule has 4 atom stereocenters. The molecule has 0 saturated heterocycles. The lowest BCUT2D eigenvalue weighted by Crippen LogP contribution is -2.35. The summed E-state index contributed by atoms with van der Waals surface area (Å²) >= 11 is 0. The quantitative estimate of drug-likeness (QED) is 0.429. The van der Waals surface area contributed by atoms with Gasteiger partial charge in [-0.2, -0.15) is 0 Å². The van der Waals surface area contributed by atoms with Crippen LogP contribution in [0.1, 0.15) is 79.1 Å². The SMILES string of the molecule is CCCCC(C)CC(C)CC(C)CNC(CCN)CCCO. The van der Waals surface area contributed by atoms with Crippen molar-refractivity contribution in [1.29, 1.82) is 0 Å². The number of nitrogens with two attached hydrogens (primary N) is 1. The molecule has 0 saturated carbocycles. The normalized spacial score (nSPS) is 17.2. The highest BCUT2D eigenvalue weighted by Gasteiger charge is 2.14. The molecule has 3 nitrogen and oxygen atoms in total. The molecule has 0 radical (unpaired) electrons. The van der Waals surface area contributed by atoms with E-state index < -0.39 is 0 Å². The molecule has 0 aromatic carbocycles. The van der Waals surface area contributed by atoms with Crippen LogP contribution in [0.5, 0.6) is 0 Å². The van der Waals surface area contributed by atoms with E-state index in [4.69, 9.17) is 10.8 Å². The molecule has 4 N–H and O–H groups in total. The van der Waals surface area contributed by atoms with Crippen molar-refractivity contribution < 1.29 is 5.11 Å². The maximum Gasteiger partial charge on any atom is 0.0431 e. The van der Waals surface area contributed by atoms with Gasteiger partial charge in [-0.15, -0.1) is 0 Å². The summed E-state index contributed by atoms with van der Waals surface area (Å²) < 4.78 is 0. The second-order valence-corrected chi connectivity index (χ2v) is 7.48. The molecule has 0 fully saturated rings. The van der Waals surface area contributed by atoms with Crippen LogP contribution in [0.25, 0.3) is 0 Å². The van der Waals surface area contributed by atoms with Crippen molar-refractivity contribution in [2.75, 3.05) is 19.7 Å². The number of nitrogens with one attached hydrogen (secondary N) is 1. The van der Waals surface area contributed by atoms with Crippen LogP contribution in [0.3, 0.4) is 0 Å². The average molecular weight is 315 g/mol. The Hall–Kier alpha value is -0.120. The van der Waals surface area contributed by atoms with Gasteiger partial charge < -0.3 is 16.2 Å². The number of aliphatic hydroxyl groups is 1. The van der Waals surface area contributed by atoms with Crippen molar-refractivity contribution in [2.24, 2.45) is 23.5 Å². The van der Waals surface area contributed by atoms with Crippen LogP contribution < -0.4 is 11.1 Å². The first-order valence-corrected chi connectivity index (χ1v) is 9.57. The topological polar surface area (TPSA) is 58.3 Å². The highest BCUT2D eigenvalue weighted by molar-refractivity contribution is 4.71. The highest BCUT2D eigenvalue weighted by atomic mass is 16.2. The van der Waals surface area contributed by atoms with Gasteiger partial charge in [0.1, 0.15) is 0 Å². The van der Waals surface area contributed by atoms with Crippen LogP contribution in [0.2, 0.25) is 0 Å². The van der Waals surface area contributed by atoms with E-state index in [1.807, 2.05) is 0 Å². The van der Waals surface area contributed by atoms with Crippen molar-refractivity contribution in [3.05, 3.63) is 0 Å². The molecule has 0 aliphatic heterocycles. The zero-order valence-electron chi connectivity index (χ0n) is 15.6. The standard InChI is InChI=1S/C19H42N2O/c1-5-6-8-16(2)13-17(3)14-18(4)15-21-19(10-11-20)9-7-12-22/h16-19,21-22H,5-15,20H2,1-4H3. The van der Waals surface area contributed by atoms with E-state index in [0.717, 1.165) is 44.2 Å². The van der Waals surface area contributed by atoms with E-state index in [1.165, 1.54) is 32.1 Å². The van der Waals surface area contributed by atoms with Gasteiger partial charge in [0.25, 0.3) is 0 Å². The number of rotatable bonds is 15. The summed E-state index contributed by atoms with van der Waals surface area (Å²) in [5, 5.41) is 12.6. The second-order valence-electron chi connectivity index (χ2n) is 7.48. The fraction of sp³-hybridized carbons (Fsp3) is 1.00. The Morgan fingerprint density at radius 2 is 1.59 bits per heavy atom. The molecule has 3 heteroatoms. The van der Waals surface area contributed by atoms with Gasteiger partial charge in [0.15, 0.2) is 0 Å². The lowest BCUT2D eigenvalue weighted by Gasteiger charge is -2.24. The fourth-order valence-corrected chi connectivity index (χ4v) is 3.48. The minimum atomic E-state index is 0.283. The zero-order valence-corrected chi connectivity index (χ0v) is 15.6. The maximum atomic E-state index is 8.97. The van der Waals surface area contributed by atoms with E-state index in [9.17, 15) is 0 Å². The summed E-state index contributed by atoms with van der Waals surface area (Å²) in [7, 11) is 0. The largest absolute Gasteiger partial charge is 0.396 e. The Bertz CT molecular complexity index is 235. The van der Waals surface area contributed by atoms with Gasteiger partial charge >= 0.3 is 0 Å². The van der Waals surface area contributed by atoms with Gasteiger partial charge in [0, 0.05) is 12.6 Å². The smallest absolute Gasteiger partial charge is 0.0431 e. The lowest BCUT2D eigenvalue weighted by molar-refractivity contribution is 0.267. The highest BCUT2D eigenvalue weighted by Crippen LogP contribution is 2.22.